The SMILES string of the molecule is CCCCOCC(=O)N1CCCN1C(=O)c1ccc(C(=O)OC)cn1. The summed E-state index contributed by atoms with van der Waals surface area (Å²) in [5.41, 5.74) is 0.428. The van der Waals surface area contributed by atoms with Gasteiger partial charge in [0, 0.05) is 25.9 Å². The van der Waals surface area contributed by atoms with Gasteiger partial charge in [0.25, 0.3) is 11.8 Å². The monoisotopic (exact) mass is 349 g/mol. The van der Waals surface area contributed by atoms with Crippen LogP contribution < -0.4 is 0 Å². The van der Waals surface area contributed by atoms with Crippen molar-refractivity contribution in [3.05, 3.63) is 29.6 Å². The second kappa shape index (κ2) is 9.12. The Morgan fingerprint density at radius 2 is 1.96 bits per heavy atom. The first kappa shape index (κ1) is 18.9. The second-order valence-corrected chi connectivity index (χ2v) is 5.63. The van der Waals surface area contributed by atoms with Gasteiger partial charge in [-0.15, -0.1) is 0 Å². The third-order valence-electron chi connectivity index (χ3n) is 3.83. The number of rotatable bonds is 7. The van der Waals surface area contributed by atoms with Gasteiger partial charge in [-0.1, -0.05) is 13.3 Å². The van der Waals surface area contributed by atoms with Crippen LogP contribution >= 0.6 is 0 Å². The maximum atomic E-state index is 12.6. The molecule has 2 amide bonds. The maximum absolute atomic E-state index is 12.6. The summed E-state index contributed by atoms with van der Waals surface area (Å²) in [5, 5.41) is 2.79. The highest BCUT2D eigenvalue weighted by atomic mass is 16.5. The zero-order valence-corrected chi connectivity index (χ0v) is 14.6. The average Bonchev–Trinajstić information content (AvgIpc) is 3.14. The zero-order chi connectivity index (χ0) is 18.2. The number of carbonyl (C=O) groups is 3. The Morgan fingerprint density at radius 3 is 2.60 bits per heavy atom. The van der Waals surface area contributed by atoms with Crippen LogP contribution in [0, 0.1) is 0 Å². The van der Waals surface area contributed by atoms with E-state index in [1.54, 1.807) is 0 Å². The van der Waals surface area contributed by atoms with Crippen molar-refractivity contribution < 1.29 is 23.9 Å². The molecule has 0 aromatic carbocycles. The van der Waals surface area contributed by atoms with E-state index in [0.717, 1.165) is 12.8 Å². The van der Waals surface area contributed by atoms with E-state index in [1.165, 1.54) is 35.5 Å². The largest absolute Gasteiger partial charge is 0.465 e. The minimum Gasteiger partial charge on any atom is -0.465 e. The number of aromatic nitrogens is 1. The maximum Gasteiger partial charge on any atom is 0.339 e. The summed E-state index contributed by atoms with van der Waals surface area (Å²) in [6, 6.07) is 2.93. The average molecular weight is 349 g/mol. The number of pyridine rings is 1. The number of hydrazine groups is 1. The van der Waals surface area contributed by atoms with Gasteiger partial charge >= 0.3 is 5.97 Å². The number of amides is 2. The van der Waals surface area contributed by atoms with Gasteiger partial charge in [-0.05, 0) is 25.0 Å². The molecule has 0 aliphatic carbocycles. The molecule has 1 aromatic heterocycles. The Hall–Kier alpha value is -2.48. The fourth-order valence-corrected chi connectivity index (χ4v) is 2.45. The van der Waals surface area contributed by atoms with Gasteiger partial charge in [0.15, 0.2) is 0 Å². The summed E-state index contributed by atoms with van der Waals surface area (Å²) in [5.74, 6) is -1.14. The number of hydrogen-bond acceptors (Lipinski definition) is 6. The summed E-state index contributed by atoms with van der Waals surface area (Å²) in [6.07, 6.45) is 3.88. The van der Waals surface area contributed by atoms with Gasteiger partial charge in [0.2, 0.25) is 0 Å². The molecule has 8 heteroatoms. The number of hydrogen-bond donors (Lipinski definition) is 0. The lowest BCUT2D eigenvalue weighted by molar-refractivity contribution is -0.145. The summed E-state index contributed by atoms with van der Waals surface area (Å²) >= 11 is 0. The number of unbranched alkanes of at least 4 members (excludes halogenated alkanes) is 1. The van der Waals surface area contributed by atoms with Crippen LogP contribution in [0.2, 0.25) is 0 Å². The van der Waals surface area contributed by atoms with Gasteiger partial charge in [-0.25, -0.2) is 14.8 Å². The normalized spacial score (nSPS) is 13.8. The number of esters is 1. The van der Waals surface area contributed by atoms with Crippen molar-refractivity contribution in [3.63, 3.8) is 0 Å². The third-order valence-corrected chi connectivity index (χ3v) is 3.83. The van der Waals surface area contributed by atoms with E-state index in [1.807, 2.05) is 6.92 Å². The molecular weight excluding hydrogens is 326 g/mol. The fraction of sp³-hybridized carbons (Fsp3) is 0.529. The minimum absolute atomic E-state index is 0.0432. The van der Waals surface area contributed by atoms with Gasteiger partial charge in [-0.2, -0.15) is 0 Å². The van der Waals surface area contributed by atoms with E-state index in [0.29, 0.717) is 26.1 Å². The third kappa shape index (κ3) is 4.76. The van der Waals surface area contributed by atoms with Crippen LogP contribution in [0.3, 0.4) is 0 Å². The molecule has 0 bridgehead atoms. The molecule has 2 rings (SSSR count). The first-order valence-electron chi connectivity index (χ1n) is 8.32. The van der Waals surface area contributed by atoms with E-state index < -0.39 is 5.97 Å². The van der Waals surface area contributed by atoms with E-state index in [-0.39, 0.29) is 29.7 Å². The quantitative estimate of drug-likeness (QED) is 0.544. The highest BCUT2D eigenvalue weighted by Gasteiger charge is 2.31. The van der Waals surface area contributed by atoms with Crippen LogP contribution in [0.4, 0.5) is 0 Å². The molecule has 1 fully saturated rings. The molecule has 8 nitrogen and oxygen atoms in total. The molecular formula is C17H23N3O5. The topological polar surface area (TPSA) is 89.0 Å². The zero-order valence-electron chi connectivity index (χ0n) is 14.6. The van der Waals surface area contributed by atoms with Gasteiger partial charge in [-0.3, -0.25) is 14.6 Å². The highest BCUT2D eigenvalue weighted by Crippen LogP contribution is 2.15. The van der Waals surface area contributed by atoms with E-state index in [2.05, 4.69) is 9.72 Å². The van der Waals surface area contributed by atoms with Crippen molar-refractivity contribution >= 4 is 17.8 Å². The number of carbonyl (C=O) groups excluding carboxylic acids is 3. The molecule has 0 spiro atoms. The molecule has 2 heterocycles. The Labute approximate surface area is 146 Å². The lowest BCUT2D eigenvalue weighted by Crippen LogP contribution is -2.46. The molecule has 0 saturated carbocycles. The summed E-state index contributed by atoms with van der Waals surface area (Å²) < 4.78 is 9.94. The highest BCUT2D eigenvalue weighted by molar-refractivity contribution is 5.95. The summed E-state index contributed by atoms with van der Waals surface area (Å²) in [4.78, 5) is 40.3. The molecule has 0 atom stereocenters. The van der Waals surface area contributed by atoms with E-state index >= 15 is 0 Å². The predicted molar refractivity (Wildman–Crippen MR) is 88.7 cm³/mol. The molecule has 1 saturated heterocycles. The van der Waals surface area contributed by atoms with Crippen molar-refractivity contribution in [2.75, 3.05) is 33.4 Å². The van der Waals surface area contributed by atoms with Crippen molar-refractivity contribution in [2.24, 2.45) is 0 Å². The fourth-order valence-electron chi connectivity index (χ4n) is 2.45. The summed E-state index contributed by atoms with van der Waals surface area (Å²) in [6.45, 7) is 3.45. The predicted octanol–water partition coefficient (Wildman–Crippen LogP) is 1.27. The van der Waals surface area contributed by atoms with E-state index in [9.17, 15) is 14.4 Å². The van der Waals surface area contributed by atoms with Crippen LogP contribution in [-0.2, 0) is 14.3 Å². The molecule has 0 unspecified atom stereocenters. The number of nitrogens with zero attached hydrogens (tertiary/aromatic N) is 3. The first-order chi connectivity index (χ1) is 12.1. The van der Waals surface area contributed by atoms with Gasteiger partial charge in [0.1, 0.15) is 12.3 Å². The van der Waals surface area contributed by atoms with Crippen molar-refractivity contribution in [1.82, 2.24) is 15.0 Å². The van der Waals surface area contributed by atoms with Crippen molar-refractivity contribution in [1.29, 1.82) is 0 Å². The molecule has 0 N–H and O–H groups in total. The second-order valence-electron chi connectivity index (χ2n) is 5.63. The molecule has 0 radical (unpaired) electrons. The molecule has 1 aliphatic heterocycles. The standard InChI is InChI=1S/C17H23N3O5/c1-3-4-10-25-12-15(21)19-8-5-9-20(19)16(22)14-7-6-13(11-18-14)17(23)24-2/h6-7,11H,3-5,8-10,12H2,1-2H3. The van der Waals surface area contributed by atoms with Crippen LogP contribution in [0.1, 0.15) is 47.0 Å². The molecule has 136 valence electrons. The Kier molecular flexibility index (Phi) is 6.88. The minimum atomic E-state index is -0.520. The molecule has 1 aliphatic rings. The van der Waals surface area contributed by atoms with Crippen molar-refractivity contribution in [2.45, 2.75) is 26.2 Å². The Bertz CT molecular complexity index is 617. The lowest BCUT2D eigenvalue weighted by Gasteiger charge is -2.27. The van der Waals surface area contributed by atoms with Crippen LogP contribution in [0.15, 0.2) is 18.3 Å². The van der Waals surface area contributed by atoms with Gasteiger partial charge < -0.3 is 9.47 Å². The Balaban J connectivity index is 1.99. The molecule has 1 aromatic rings. The van der Waals surface area contributed by atoms with Crippen LogP contribution in [0.25, 0.3) is 0 Å². The smallest absolute Gasteiger partial charge is 0.339 e. The van der Waals surface area contributed by atoms with Gasteiger partial charge in [0.05, 0.1) is 12.7 Å². The number of methoxy groups -OCH3 is 1. The Morgan fingerprint density at radius 1 is 1.20 bits per heavy atom. The van der Waals surface area contributed by atoms with Crippen LogP contribution in [0.5, 0.6) is 0 Å². The van der Waals surface area contributed by atoms with Crippen molar-refractivity contribution in [3.8, 4) is 0 Å². The first-order valence-corrected chi connectivity index (χ1v) is 8.32. The molecule has 25 heavy (non-hydrogen) atoms. The van der Waals surface area contributed by atoms with Crippen LogP contribution in [-0.4, -0.2) is 66.2 Å². The number of ether oxygens (including phenoxy) is 2. The van der Waals surface area contributed by atoms with E-state index in [4.69, 9.17) is 4.74 Å². The lowest BCUT2D eigenvalue weighted by atomic mass is 10.2. The summed E-state index contributed by atoms with van der Waals surface area (Å²) in [7, 11) is 1.28.